The van der Waals surface area contributed by atoms with Crippen LogP contribution in [0.25, 0.3) is 0 Å². The number of sulfonamides is 1. The van der Waals surface area contributed by atoms with Gasteiger partial charge in [-0.1, -0.05) is 12.1 Å². The molecule has 0 unspecified atom stereocenters. The summed E-state index contributed by atoms with van der Waals surface area (Å²) in [5.41, 5.74) is 5.30. The lowest BCUT2D eigenvalue weighted by Crippen LogP contribution is -2.25. The molecule has 5 N–H and O–H groups in total. The first-order valence-corrected chi connectivity index (χ1v) is 7.48. The van der Waals surface area contributed by atoms with Crippen LogP contribution in [-0.4, -0.2) is 36.0 Å². The topological polar surface area (TPSA) is 133 Å². The van der Waals surface area contributed by atoms with E-state index in [0.717, 1.165) is 0 Å². The maximum atomic E-state index is 11.8. The molecule has 0 aliphatic carbocycles. The minimum absolute atomic E-state index is 0.0702. The minimum atomic E-state index is -3.53. The third-order valence-corrected chi connectivity index (χ3v) is 3.88. The van der Waals surface area contributed by atoms with E-state index >= 15 is 0 Å². The fourth-order valence-corrected chi connectivity index (χ4v) is 2.44. The molecule has 1 aromatic rings. The van der Waals surface area contributed by atoms with Gasteiger partial charge in [0.25, 0.3) is 10.0 Å². The number of nitrogens with one attached hydrogen (secondary N) is 2. The Morgan fingerprint density at radius 2 is 2.32 bits per heavy atom. The summed E-state index contributed by atoms with van der Waals surface area (Å²) >= 11 is 0. The van der Waals surface area contributed by atoms with E-state index in [9.17, 15) is 8.42 Å². The van der Waals surface area contributed by atoms with Crippen molar-refractivity contribution in [3.63, 3.8) is 0 Å². The number of oxime groups is 1. The van der Waals surface area contributed by atoms with Gasteiger partial charge in [-0.2, -0.15) is 0 Å². The average molecular weight is 289 g/mol. The zero-order chi connectivity index (χ0) is 14.3. The van der Waals surface area contributed by atoms with Crippen molar-refractivity contribution in [2.75, 3.05) is 6.54 Å². The summed E-state index contributed by atoms with van der Waals surface area (Å²) in [4.78, 5) is 6.68. The third-order valence-electron chi connectivity index (χ3n) is 2.51. The van der Waals surface area contributed by atoms with Crippen molar-refractivity contribution in [1.82, 2.24) is 14.7 Å². The molecule has 1 heterocycles. The minimum Gasteiger partial charge on any atom is -0.409 e. The lowest BCUT2D eigenvalue weighted by Gasteiger charge is -2.04. The second-order valence-corrected chi connectivity index (χ2v) is 5.73. The van der Waals surface area contributed by atoms with Crippen LogP contribution in [0.1, 0.15) is 32.0 Å². The average Bonchev–Trinajstić information content (AvgIpc) is 2.87. The molecule has 0 radical (unpaired) electrons. The van der Waals surface area contributed by atoms with E-state index in [4.69, 9.17) is 10.9 Å². The van der Waals surface area contributed by atoms with Gasteiger partial charge in [0.1, 0.15) is 11.7 Å². The van der Waals surface area contributed by atoms with Gasteiger partial charge in [-0.05, 0) is 12.8 Å². The lowest BCUT2D eigenvalue weighted by molar-refractivity contribution is 0.316. The van der Waals surface area contributed by atoms with Gasteiger partial charge >= 0.3 is 0 Å². The first-order valence-electron chi connectivity index (χ1n) is 5.99. The van der Waals surface area contributed by atoms with Gasteiger partial charge in [-0.25, -0.2) is 18.1 Å². The van der Waals surface area contributed by atoms with Gasteiger partial charge in [-0.15, -0.1) is 0 Å². The highest BCUT2D eigenvalue weighted by molar-refractivity contribution is 7.89. The van der Waals surface area contributed by atoms with Crippen LogP contribution in [-0.2, 0) is 16.4 Å². The molecular formula is C10H19N5O3S. The number of rotatable bonds is 8. The van der Waals surface area contributed by atoms with E-state index in [1.54, 1.807) is 0 Å². The smallest absolute Gasteiger partial charge is 0.257 e. The number of aromatic amines is 1. The number of amidine groups is 1. The van der Waals surface area contributed by atoms with E-state index < -0.39 is 10.0 Å². The Balaban J connectivity index is 2.39. The summed E-state index contributed by atoms with van der Waals surface area (Å²) in [6, 6.07) is 0. The monoisotopic (exact) mass is 289 g/mol. The van der Waals surface area contributed by atoms with E-state index in [1.807, 2.05) is 6.92 Å². The molecule has 1 aromatic heterocycles. The quantitative estimate of drug-likeness (QED) is 0.178. The molecule has 0 bridgehead atoms. The van der Waals surface area contributed by atoms with Crippen molar-refractivity contribution in [3.8, 4) is 0 Å². The maximum absolute atomic E-state index is 11.8. The number of hydrogen-bond donors (Lipinski definition) is 4. The number of nitrogens with two attached hydrogens (primary N) is 1. The highest BCUT2D eigenvalue weighted by Crippen LogP contribution is 2.06. The maximum Gasteiger partial charge on any atom is 0.257 e. The summed E-state index contributed by atoms with van der Waals surface area (Å²) in [7, 11) is -3.53. The van der Waals surface area contributed by atoms with Crippen molar-refractivity contribution in [3.05, 3.63) is 12.0 Å². The molecule has 0 fully saturated rings. The second-order valence-electron chi connectivity index (χ2n) is 3.99. The van der Waals surface area contributed by atoms with Crippen LogP contribution in [0.3, 0.4) is 0 Å². The molecule has 0 spiro atoms. The number of nitrogens with zero attached hydrogens (tertiary/aromatic N) is 2. The Hall–Kier alpha value is -1.61. The number of unbranched alkanes of at least 4 members (excludes halogenated alkanes) is 1. The van der Waals surface area contributed by atoms with E-state index in [2.05, 4.69) is 19.8 Å². The van der Waals surface area contributed by atoms with E-state index in [-0.39, 0.29) is 10.9 Å². The molecule has 0 amide bonds. The van der Waals surface area contributed by atoms with Crippen molar-refractivity contribution < 1.29 is 13.6 Å². The molecule has 0 aromatic carbocycles. The molecule has 0 saturated carbocycles. The molecule has 0 saturated heterocycles. The molecule has 9 heteroatoms. The standard InChI is InChI=1S/C10H19N5O3S/c1-2-9-12-7-10(14-9)19(17,18)13-6-4-3-5-8(11)15-16/h7,13,16H,2-6H2,1H3,(H2,11,15)(H,12,14). The van der Waals surface area contributed by atoms with Crippen molar-refractivity contribution in [2.45, 2.75) is 37.6 Å². The molecule has 0 atom stereocenters. The normalized spacial score (nSPS) is 12.8. The van der Waals surface area contributed by atoms with Crippen LogP contribution >= 0.6 is 0 Å². The number of aryl methyl sites for hydroxylation is 1. The molecule has 19 heavy (non-hydrogen) atoms. The number of H-pyrrole nitrogens is 1. The van der Waals surface area contributed by atoms with Crippen molar-refractivity contribution in [1.29, 1.82) is 0 Å². The predicted molar refractivity (Wildman–Crippen MR) is 70.4 cm³/mol. The van der Waals surface area contributed by atoms with Crippen LogP contribution in [0.2, 0.25) is 0 Å². The highest BCUT2D eigenvalue weighted by Gasteiger charge is 2.15. The molecule has 0 aliphatic rings. The summed E-state index contributed by atoms with van der Waals surface area (Å²) in [5.74, 6) is 0.774. The van der Waals surface area contributed by atoms with Crippen LogP contribution in [0.15, 0.2) is 16.4 Å². The number of hydrogen-bond acceptors (Lipinski definition) is 5. The molecule has 0 aliphatic heterocycles. The van der Waals surface area contributed by atoms with Gasteiger partial charge in [0.2, 0.25) is 0 Å². The van der Waals surface area contributed by atoms with Crippen LogP contribution in [0.5, 0.6) is 0 Å². The fraction of sp³-hybridized carbons (Fsp3) is 0.600. The first kappa shape index (κ1) is 15.4. The number of aromatic nitrogens is 2. The van der Waals surface area contributed by atoms with Crippen molar-refractivity contribution in [2.24, 2.45) is 10.9 Å². The van der Waals surface area contributed by atoms with Crippen LogP contribution < -0.4 is 10.5 Å². The van der Waals surface area contributed by atoms with Gasteiger partial charge in [0.15, 0.2) is 5.03 Å². The molecule has 1 rings (SSSR count). The van der Waals surface area contributed by atoms with Gasteiger partial charge in [0.05, 0.1) is 6.20 Å². The van der Waals surface area contributed by atoms with Crippen molar-refractivity contribution >= 4 is 15.9 Å². The van der Waals surface area contributed by atoms with Crippen LogP contribution in [0, 0.1) is 0 Å². The summed E-state index contributed by atoms with van der Waals surface area (Å²) in [6.07, 6.45) is 3.63. The molecule has 108 valence electrons. The largest absolute Gasteiger partial charge is 0.409 e. The van der Waals surface area contributed by atoms with E-state index in [1.165, 1.54) is 6.20 Å². The number of imidazole rings is 1. The highest BCUT2D eigenvalue weighted by atomic mass is 32.2. The summed E-state index contributed by atoms with van der Waals surface area (Å²) < 4.78 is 26.1. The SMILES string of the molecule is CCc1ncc(S(=O)(=O)NCCCCC(N)=NO)[nH]1. The Morgan fingerprint density at radius 3 is 2.89 bits per heavy atom. The summed E-state index contributed by atoms with van der Waals surface area (Å²) in [6.45, 7) is 2.18. The predicted octanol–water partition coefficient (Wildman–Crippen LogP) is 0.167. The van der Waals surface area contributed by atoms with Crippen LogP contribution in [0.4, 0.5) is 0 Å². The van der Waals surface area contributed by atoms with Gasteiger partial charge in [0, 0.05) is 19.4 Å². The zero-order valence-electron chi connectivity index (χ0n) is 10.8. The first-order chi connectivity index (χ1) is 8.99. The lowest BCUT2D eigenvalue weighted by atomic mass is 10.2. The Bertz CT molecular complexity index is 523. The third kappa shape index (κ3) is 4.87. The summed E-state index contributed by atoms with van der Waals surface area (Å²) in [5, 5.41) is 11.2. The fourth-order valence-electron chi connectivity index (χ4n) is 1.42. The molecule has 8 nitrogen and oxygen atoms in total. The molecular weight excluding hydrogens is 270 g/mol. The zero-order valence-corrected chi connectivity index (χ0v) is 11.6. The second kappa shape index (κ2) is 7.10. The van der Waals surface area contributed by atoms with Gasteiger partial charge in [-0.3, -0.25) is 0 Å². The Labute approximate surface area is 112 Å². The van der Waals surface area contributed by atoms with Gasteiger partial charge < -0.3 is 15.9 Å². The van der Waals surface area contributed by atoms with E-state index in [0.29, 0.717) is 38.1 Å². The Morgan fingerprint density at radius 1 is 1.58 bits per heavy atom. The Kier molecular flexibility index (Phi) is 5.77.